The van der Waals surface area contributed by atoms with Crippen LogP contribution in [0.1, 0.15) is 18.4 Å². The molecule has 1 unspecified atom stereocenters. The highest BCUT2D eigenvalue weighted by atomic mass is 35.5. The molecule has 0 radical (unpaired) electrons. The summed E-state index contributed by atoms with van der Waals surface area (Å²) in [4.78, 5) is 23.1. The molecule has 1 saturated heterocycles. The summed E-state index contributed by atoms with van der Waals surface area (Å²) < 4.78 is 27.1. The van der Waals surface area contributed by atoms with Gasteiger partial charge in [-0.1, -0.05) is 40.9 Å². The van der Waals surface area contributed by atoms with Gasteiger partial charge in [-0.2, -0.15) is 0 Å². The Hall–Kier alpha value is -1.91. The van der Waals surface area contributed by atoms with Gasteiger partial charge in [0.2, 0.25) is 15.9 Å². The topological polar surface area (TPSA) is 110 Å². The molecule has 1 atom stereocenters. The molecule has 3 rings (SSSR count). The van der Waals surface area contributed by atoms with Crippen LogP contribution in [-0.4, -0.2) is 36.6 Å². The van der Waals surface area contributed by atoms with Crippen LogP contribution < -0.4 is 5.32 Å². The highest BCUT2D eigenvalue weighted by molar-refractivity contribution is 7.88. The Bertz CT molecular complexity index is 1130. The summed E-state index contributed by atoms with van der Waals surface area (Å²) in [5.74, 6) is -1.39. The Kier molecular flexibility index (Phi) is 7.43. The molecule has 1 fully saturated rings. The van der Waals surface area contributed by atoms with E-state index >= 15 is 0 Å². The number of rotatable bonds is 6. The predicted molar refractivity (Wildman–Crippen MR) is 120 cm³/mol. The van der Waals surface area contributed by atoms with Crippen molar-refractivity contribution in [3.8, 4) is 0 Å². The quantitative estimate of drug-likeness (QED) is 0.450. The summed E-state index contributed by atoms with van der Waals surface area (Å²) in [6.07, 6.45) is 0.973. The first-order chi connectivity index (χ1) is 14.6. The largest absolute Gasteiger partial charge is 0.324 e. The van der Waals surface area contributed by atoms with Crippen molar-refractivity contribution in [1.29, 1.82) is 0 Å². The highest BCUT2D eigenvalue weighted by Gasteiger charge is 2.33. The Morgan fingerprint density at radius 1 is 1.16 bits per heavy atom. The minimum absolute atomic E-state index is 0.00801. The molecule has 12 heteroatoms. The van der Waals surface area contributed by atoms with Crippen LogP contribution in [0, 0.1) is 16.0 Å². The summed E-state index contributed by atoms with van der Waals surface area (Å²) in [5.41, 5.74) is 0.308. The number of hydrogen-bond donors (Lipinski definition) is 1. The smallest absolute Gasteiger partial charge is 0.271 e. The van der Waals surface area contributed by atoms with Crippen LogP contribution in [-0.2, 0) is 20.6 Å². The molecule has 1 N–H and O–H groups in total. The minimum Gasteiger partial charge on any atom is -0.324 e. The van der Waals surface area contributed by atoms with Crippen LogP contribution in [0.5, 0.6) is 0 Å². The molecule has 31 heavy (non-hydrogen) atoms. The van der Waals surface area contributed by atoms with Crippen LogP contribution >= 0.6 is 34.8 Å². The van der Waals surface area contributed by atoms with E-state index in [1.807, 2.05) is 0 Å². The van der Waals surface area contributed by atoms with Gasteiger partial charge in [0.05, 0.1) is 27.3 Å². The molecule has 1 amide bonds. The zero-order chi connectivity index (χ0) is 22.8. The number of nitro groups is 1. The summed E-state index contributed by atoms with van der Waals surface area (Å²) in [6, 6.07) is 8.31. The van der Waals surface area contributed by atoms with E-state index < -0.39 is 26.8 Å². The number of nitrogens with one attached hydrogen (secondary N) is 1. The van der Waals surface area contributed by atoms with Crippen molar-refractivity contribution >= 4 is 62.1 Å². The van der Waals surface area contributed by atoms with Crippen molar-refractivity contribution < 1.29 is 18.1 Å². The number of non-ortho nitro benzene ring substituents is 1. The van der Waals surface area contributed by atoms with Crippen LogP contribution in [0.3, 0.4) is 0 Å². The number of halogens is 3. The second-order valence-corrected chi connectivity index (χ2v) is 10.3. The number of carbonyl (C=O) groups excluding carboxylic acids is 1. The Morgan fingerprint density at radius 3 is 2.58 bits per heavy atom. The van der Waals surface area contributed by atoms with Crippen LogP contribution in [0.15, 0.2) is 36.4 Å². The average molecular weight is 507 g/mol. The Labute approximate surface area is 194 Å². The maximum atomic E-state index is 12.9. The van der Waals surface area contributed by atoms with Gasteiger partial charge < -0.3 is 5.32 Å². The van der Waals surface area contributed by atoms with E-state index in [1.54, 1.807) is 12.1 Å². The van der Waals surface area contributed by atoms with Crippen molar-refractivity contribution in [2.75, 3.05) is 18.4 Å². The molecule has 0 aromatic heterocycles. The molecule has 8 nitrogen and oxygen atoms in total. The number of nitrogens with zero attached hydrogens (tertiary/aromatic N) is 2. The third kappa shape index (κ3) is 5.87. The van der Waals surface area contributed by atoms with E-state index in [2.05, 4.69) is 5.32 Å². The molecule has 2 aromatic rings. The number of benzene rings is 2. The summed E-state index contributed by atoms with van der Waals surface area (Å²) in [7, 11) is -3.73. The van der Waals surface area contributed by atoms with Crippen molar-refractivity contribution in [2.45, 2.75) is 18.6 Å². The second-order valence-electron chi connectivity index (χ2n) is 7.10. The van der Waals surface area contributed by atoms with Crippen LogP contribution in [0.4, 0.5) is 11.4 Å². The number of sulfonamides is 1. The standard InChI is InChI=1S/C19H18Cl3N3O5S/c20-14-4-3-13(17(22)8-14)11-31(29,30)24-7-1-2-12(10-24)19(26)23-18-9-15(25(27)28)5-6-16(18)21/h3-6,8-9,12H,1-2,7,10-11H2,(H,23,26). The number of carbonyl (C=O) groups is 1. The van der Waals surface area contributed by atoms with Crippen LogP contribution in [0.2, 0.25) is 15.1 Å². The SMILES string of the molecule is O=C(Nc1cc([N+](=O)[O-])ccc1Cl)C1CCCN(S(=O)(=O)Cc2ccc(Cl)cc2Cl)C1. The Morgan fingerprint density at radius 2 is 1.90 bits per heavy atom. The average Bonchev–Trinajstić information content (AvgIpc) is 2.71. The summed E-state index contributed by atoms with van der Waals surface area (Å²) in [6.45, 7) is 0.279. The predicted octanol–water partition coefficient (Wildman–Crippen LogP) is 4.74. The summed E-state index contributed by atoms with van der Waals surface area (Å²) in [5, 5.41) is 14.3. The van der Waals surface area contributed by atoms with Gasteiger partial charge in [0.25, 0.3) is 5.69 Å². The maximum absolute atomic E-state index is 12.9. The molecule has 166 valence electrons. The zero-order valence-electron chi connectivity index (χ0n) is 16.1. The molecule has 0 saturated carbocycles. The van der Waals surface area contributed by atoms with Gasteiger partial charge in [-0.3, -0.25) is 14.9 Å². The number of anilines is 1. The van der Waals surface area contributed by atoms with E-state index in [-0.39, 0.29) is 40.3 Å². The first-order valence-corrected chi connectivity index (χ1v) is 12.0. The highest BCUT2D eigenvalue weighted by Crippen LogP contribution is 2.29. The molecule has 2 aromatic carbocycles. The molecular formula is C19H18Cl3N3O5S. The van der Waals surface area contributed by atoms with E-state index in [9.17, 15) is 23.3 Å². The maximum Gasteiger partial charge on any atom is 0.271 e. The van der Waals surface area contributed by atoms with Crippen molar-refractivity contribution in [3.63, 3.8) is 0 Å². The second kappa shape index (κ2) is 9.70. The lowest BCUT2D eigenvalue weighted by Crippen LogP contribution is -2.44. The number of amides is 1. The van der Waals surface area contributed by atoms with Gasteiger partial charge in [-0.05, 0) is 36.6 Å². The van der Waals surface area contributed by atoms with E-state index in [1.165, 1.54) is 28.6 Å². The van der Waals surface area contributed by atoms with E-state index in [0.29, 0.717) is 23.4 Å². The fourth-order valence-electron chi connectivity index (χ4n) is 3.29. The molecule has 1 heterocycles. The first kappa shape index (κ1) is 23.7. The van der Waals surface area contributed by atoms with Crippen LogP contribution in [0.25, 0.3) is 0 Å². The number of piperidine rings is 1. The first-order valence-electron chi connectivity index (χ1n) is 9.23. The molecule has 0 aliphatic carbocycles. The lowest BCUT2D eigenvalue weighted by atomic mass is 9.98. The zero-order valence-corrected chi connectivity index (χ0v) is 19.1. The van der Waals surface area contributed by atoms with E-state index in [4.69, 9.17) is 34.8 Å². The fraction of sp³-hybridized carbons (Fsp3) is 0.316. The fourth-order valence-corrected chi connectivity index (χ4v) is 5.65. The molecule has 0 spiro atoms. The van der Waals surface area contributed by atoms with Crippen molar-refractivity contribution in [1.82, 2.24) is 4.31 Å². The molecule has 0 bridgehead atoms. The van der Waals surface area contributed by atoms with E-state index in [0.717, 1.165) is 0 Å². The summed E-state index contributed by atoms with van der Waals surface area (Å²) >= 11 is 18.0. The normalized spacial score (nSPS) is 17.3. The number of nitro benzene ring substituents is 1. The van der Waals surface area contributed by atoms with Gasteiger partial charge in [-0.25, -0.2) is 12.7 Å². The monoisotopic (exact) mass is 505 g/mol. The third-order valence-electron chi connectivity index (χ3n) is 4.92. The van der Waals surface area contributed by atoms with Gasteiger partial charge in [0, 0.05) is 35.3 Å². The van der Waals surface area contributed by atoms with Crippen molar-refractivity contribution in [2.24, 2.45) is 5.92 Å². The molecular weight excluding hydrogens is 489 g/mol. The number of hydrogen-bond acceptors (Lipinski definition) is 5. The lowest BCUT2D eigenvalue weighted by Gasteiger charge is -2.31. The van der Waals surface area contributed by atoms with Gasteiger partial charge >= 0.3 is 0 Å². The van der Waals surface area contributed by atoms with Crippen molar-refractivity contribution in [3.05, 3.63) is 67.1 Å². The third-order valence-corrected chi connectivity index (χ3v) is 7.63. The molecule has 1 aliphatic rings. The lowest BCUT2D eigenvalue weighted by molar-refractivity contribution is -0.384. The minimum atomic E-state index is -3.73. The van der Waals surface area contributed by atoms with Gasteiger partial charge in [0.1, 0.15) is 0 Å². The van der Waals surface area contributed by atoms with Gasteiger partial charge in [-0.15, -0.1) is 0 Å². The Balaban J connectivity index is 1.71. The molecule has 1 aliphatic heterocycles. The van der Waals surface area contributed by atoms with Gasteiger partial charge in [0.15, 0.2) is 0 Å².